The minimum atomic E-state index is -0.334. The van der Waals surface area contributed by atoms with Gasteiger partial charge in [0.05, 0.1) is 5.54 Å². The summed E-state index contributed by atoms with van der Waals surface area (Å²) in [5.74, 6) is 0.272. The summed E-state index contributed by atoms with van der Waals surface area (Å²) in [4.78, 5) is 13.1. The van der Waals surface area contributed by atoms with Crippen molar-refractivity contribution in [1.29, 1.82) is 0 Å². The number of Topliss-reactive ketones (excluding diaryl/α,β-unsaturated/α-hetero) is 1. The molecule has 1 aliphatic rings. The molecule has 0 unspecified atom stereocenters. The molecule has 0 amide bonds. The fourth-order valence-electron chi connectivity index (χ4n) is 3.58. The largest absolute Gasteiger partial charge is 0.350 e. The molecule has 0 saturated heterocycles. The SMILES string of the molecule is CCNC1(C(=O)c2cn(C)c3ccccc23)CCCC1.Cl. The number of nitrogens with one attached hydrogen (secondary N) is 1. The van der Waals surface area contributed by atoms with E-state index in [-0.39, 0.29) is 23.7 Å². The molecule has 1 aromatic carbocycles. The number of hydrogen-bond donors (Lipinski definition) is 1. The van der Waals surface area contributed by atoms with E-state index in [1.54, 1.807) is 0 Å². The Labute approximate surface area is 132 Å². The number of rotatable bonds is 4. The minimum absolute atomic E-state index is 0. The van der Waals surface area contributed by atoms with E-state index in [0.29, 0.717) is 0 Å². The summed E-state index contributed by atoms with van der Waals surface area (Å²) >= 11 is 0. The van der Waals surface area contributed by atoms with Crippen LogP contribution in [0.4, 0.5) is 0 Å². The Bertz CT molecular complexity index is 641. The van der Waals surface area contributed by atoms with Gasteiger partial charge >= 0.3 is 0 Å². The third-order valence-electron chi connectivity index (χ3n) is 4.55. The van der Waals surface area contributed by atoms with E-state index in [1.807, 2.05) is 25.4 Å². The average molecular weight is 307 g/mol. The third-order valence-corrected chi connectivity index (χ3v) is 4.55. The summed E-state index contributed by atoms with van der Waals surface area (Å²) in [7, 11) is 2.01. The van der Waals surface area contributed by atoms with Crippen LogP contribution in [0.3, 0.4) is 0 Å². The van der Waals surface area contributed by atoms with Crippen molar-refractivity contribution in [3.63, 3.8) is 0 Å². The maximum absolute atomic E-state index is 13.1. The Balaban J connectivity index is 0.00000161. The maximum Gasteiger partial charge on any atom is 0.184 e. The van der Waals surface area contributed by atoms with Crippen molar-refractivity contribution in [2.45, 2.75) is 38.1 Å². The lowest BCUT2D eigenvalue weighted by molar-refractivity contribution is 0.0857. The van der Waals surface area contributed by atoms with Crippen molar-refractivity contribution >= 4 is 29.1 Å². The zero-order valence-electron chi connectivity index (χ0n) is 12.7. The molecule has 1 saturated carbocycles. The second-order valence-corrected chi connectivity index (χ2v) is 5.82. The fourth-order valence-corrected chi connectivity index (χ4v) is 3.58. The molecule has 114 valence electrons. The summed E-state index contributed by atoms with van der Waals surface area (Å²) in [6.07, 6.45) is 6.20. The fraction of sp³-hybridized carbons (Fsp3) is 0.471. The quantitative estimate of drug-likeness (QED) is 0.874. The highest BCUT2D eigenvalue weighted by atomic mass is 35.5. The topological polar surface area (TPSA) is 34.0 Å². The number of likely N-dealkylation sites (N-methyl/N-ethyl adjacent to an activating group) is 1. The summed E-state index contributed by atoms with van der Waals surface area (Å²) < 4.78 is 2.05. The molecule has 0 radical (unpaired) electrons. The Kier molecular flexibility index (Phi) is 4.74. The number of para-hydroxylation sites is 1. The van der Waals surface area contributed by atoms with Crippen LogP contribution in [-0.4, -0.2) is 22.4 Å². The standard InChI is InChI=1S/C17H22N2O.ClH/c1-3-18-17(10-6-7-11-17)16(20)14-12-19(2)15-9-5-4-8-13(14)15;/h4-5,8-9,12,18H,3,6-7,10-11H2,1-2H3;1H. The molecule has 1 aliphatic carbocycles. The van der Waals surface area contributed by atoms with E-state index in [2.05, 4.69) is 28.9 Å². The zero-order chi connectivity index (χ0) is 14.2. The second-order valence-electron chi connectivity index (χ2n) is 5.82. The van der Waals surface area contributed by atoms with Crippen molar-refractivity contribution in [2.75, 3.05) is 6.54 Å². The molecule has 2 aromatic rings. The number of carbonyl (C=O) groups excluding carboxylic acids is 1. The van der Waals surface area contributed by atoms with E-state index in [9.17, 15) is 4.79 Å². The van der Waals surface area contributed by atoms with E-state index in [0.717, 1.165) is 48.7 Å². The van der Waals surface area contributed by atoms with Crippen molar-refractivity contribution in [1.82, 2.24) is 9.88 Å². The highest BCUT2D eigenvalue weighted by molar-refractivity contribution is 6.12. The zero-order valence-corrected chi connectivity index (χ0v) is 13.5. The number of carbonyl (C=O) groups is 1. The van der Waals surface area contributed by atoms with E-state index in [4.69, 9.17) is 0 Å². The molecule has 0 bridgehead atoms. The number of aromatic nitrogens is 1. The number of hydrogen-bond acceptors (Lipinski definition) is 2. The molecule has 1 heterocycles. The highest BCUT2D eigenvalue weighted by Crippen LogP contribution is 2.35. The van der Waals surface area contributed by atoms with Crippen LogP contribution in [0.2, 0.25) is 0 Å². The Hall–Kier alpha value is -1.32. The lowest BCUT2D eigenvalue weighted by Crippen LogP contribution is -2.49. The number of fused-ring (bicyclic) bond motifs is 1. The molecule has 4 heteroatoms. The van der Waals surface area contributed by atoms with Crippen molar-refractivity contribution in [2.24, 2.45) is 7.05 Å². The van der Waals surface area contributed by atoms with Gasteiger partial charge in [0.15, 0.2) is 5.78 Å². The number of aryl methyl sites for hydroxylation is 1. The van der Waals surface area contributed by atoms with E-state index in [1.165, 1.54) is 0 Å². The first kappa shape index (κ1) is 16.1. The van der Waals surface area contributed by atoms with Crippen molar-refractivity contribution in [3.8, 4) is 0 Å². The normalized spacial score (nSPS) is 16.9. The van der Waals surface area contributed by atoms with Gasteiger partial charge in [0.1, 0.15) is 0 Å². The van der Waals surface area contributed by atoms with Gasteiger partial charge in [-0.15, -0.1) is 12.4 Å². The second kappa shape index (κ2) is 6.20. The molecule has 0 aliphatic heterocycles. The van der Waals surface area contributed by atoms with Gasteiger partial charge in [-0.05, 0) is 25.5 Å². The van der Waals surface area contributed by atoms with Gasteiger partial charge in [0, 0.05) is 29.7 Å². The number of nitrogens with zero attached hydrogens (tertiary/aromatic N) is 1. The smallest absolute Gasteiger partial charge is 0.184 e. The molecule has 1 aromatic heterocycles. The Morgan fingerprint density at radius 2 is 1.95 bits per heavy atom. The number of halogens is 1. The van der Waals surface area contributed by atoms with Crippen LogP contribution in [0.15, 0.2) is 30.5 Å². The van der Waals surface area contributed by atoms with Crippen LogP contribution in [0.1, 0.15) is 43.0 Å². The van der Waals surface area contributed by atoms with Gasteiger partial charge in [-0.1, -0.05) is 38.0 Å². The molecule has 3 rings (SSSR count). The average Bonchev–Trinajstić information content (AvgIpc) is 3.05. The molecular weight excluding hydrogens is 284 g/mol. The predicted molar refractivity (Wildman–Crippen MR) is 89.4 cm³/mol. The first-order chi connectivity index (χ1) is 9.68. The van der Waals surface area contributed by atoms with Gasteiger partial charge in [-0.25, -0.2) is 0 Å². The van der Waals surface area contributed by atoms with Crippen LogP contribution >= 0.6 is 12.4 Å². The predicted octanol–water partition coefficient (Wildman–Crippen LogP) is 3.71. The number of ketones is 1. The van der Waals surface area contributed by atoms with E-state index >= 15 is 0 Å². The van der Waals surface area contributed by atoms with Crippen LogP contribution in [-0.2, 0) is 7.05 Å². The Morgan fingerprint density at radius 3 is 2.62 bits per heavy atom. The molecule has 1 N–H and O–H groups in total. The molecule has 21 heavy (non-hydrogen) atoms. The summed E-state index contributed by atoms with van der Waals surface area (Å²) in [5.41, 5.74) is 1.66. The van der Waals surface area contributed by atoms with Gasteiger partial charge in [-0.2, -0.15) is 0 Å². The van der Waals surface area contributed by atoms with Crippen molar-refractivity contribution < 1.29 is 4.79 Å². The molecule has 0 spiro atoms. The maximum atomic E-state index is 13.1. The molecule has 0 atom stereocenters. The highest BCUT2D eigenvalue weighted by Gasteiger charge is 2.41. The summed E-state index contributed by atoms with van der Waals surface area (Å²) in [6, 6.07) is 8.15. The molecule has 1 fully saturated rings. The van der Waals surface area contributed by atoms with Gasteiger partial charge in [-0.3, -0.25) is 4.79 Å². The molecular formula is C17H23ClN2O. The van der Waals surface area contributed by atoms with Crippen LogP contribution in [0.25, 0.3) is 10.9 Å². The van der Waals surface area contributed by atoms with Crippen LogP contribution in [0.5, 0.6) is 0 Å². The monoisotopic (exact) mass is 306 g/mol. The van der Waals surface area contributed by atoms with Gasteiger partial charge in [0.2, 0.25) is 0 Å². The summed E-state index contributed by atoms with van der Waals surface area (Å²) in [5, 5.41) is 4.54. The first-order valence-electron chi connectivity index (χ1n) is 7.52. The van der Waals surface area contributed by atoms with Crippen LogP contribution < -0.4 is 5.32 Å². The lowest BCUT2D eigenvalue weighted by Gasteiger charge is -2.28. The first-order valence-corrected chi connectivity index (χ1v) is 7.52. The molecule has 3 nitrogen and oxygen atoms in total. The van der Waals surface area contributed by atoms with Gasteiger partial charge < -0.3 is 9.88 Å². The summed E-state index contributed by atoms with van der Waals surface area (Å²) in [6.45, 7) is 2.92. The third kappa shape index (κ3) is 2.60. The lowest BCUT2D eigenvalue weighted by atomic mass is 9.87. The van der Waals surface area contributed by atoms with Crippen LogP contribution in [0, 0.1) is 0 Å². The van der Waals surface area contributed by atoms with Gasteiger partial charge in [0.25, 0.3) is 0 Å². The number of benzene rings is 1. The van der Waals surface area contributed by atoms with E-state index < -0.39 is 0 Å². The van der Waals surface area contributed by atoms with Crippen molar-refractivity contribution in [3.05, 3.63) is 36.0 Å². The Morgan fingerprint density at radius 1 is 1.29 bits per heavy atom. The minimum Gasteiger partial charge on any atom is -0.350 e.